The molecule has 0 spiro atoms. The van der Waals surface area contributed by atoms with Crippen LogP contribution < -0.4 is 9.47 Å². The standard InChI is InChI=1S/C19H24O3/c1-21-16-9-7-14(18(12-16)22-2)11-15-8-10-17(19(15)20)13-5-3-4-6-13/h7,9,11-13,17H,3-6,8,10H2,1-2H3/b15-11+. The first kappa shape index (κ1) is 15.1. The van der Waals surface area contributed by atoms with Gasteiger partial charge in [-0.3, -0.25) is 4.79 Å². The zero-order valence-electron chi connectivity index (χ0n) is 13.4. The largest absolute Gasteiger partial charge is 0.497 e. The van der Waals surface area contributed by atoms with Crippen LogP contribution >= 0.6 is 0 Å². The van der Waals surface area contributed by atoms with Crippen LogP contribution in [-0.2, 0) is 4.79 Å². The summed E-state index contributed by atoms with van der Waals surface area (Å²) in [6.07, 6.45) is 8.98. The summed E-state index contributed by atoms with van der Waals surface area (Å²) >= 11 is 0. The maximum absolute atomic E-state index is 12.7. The molecule has 0 radical (unpaired) electrons. The van der Waals surface area contributed by atoms with Gasteiger partial charge in [-0.1, -0.05) is 12.8 Å². The van der Waals surface area contributed by atoms with Gasteiger partial charge in [0.25, 0.3) is 0 Å². The molecular formula is C19H24O3. The molecule has 0 heterocycles. The van der Waals surface area contributed by atoms with Gasteiger partial charge >= 0.3 is 0 Å². The van der Waals surface area contributed by atoms with Gasteiger partial charge in [0.1, 0.15) is 11.5 Å². The van der Waals surface area contributed by atoms with Crippen molar-refractivity contribution >= 4 is 11.9 Å². The van der Waals surface area contributed by atoms with E-state index in [9.17, 15) is 4.79 Å². The monoisotopic (exact) mass is 300 g/mol. The molecule has 3 heteroatoms. The van der Waals surface area contributed by atoms with E-state index in [-0.39, 0.29) is 5.92 Å². The molecule has 2 aliphatic carbocycles. The molecule has 1 aromatic carbocycles. The molecule has 3 nitrogen and oxygen atoms in total. The first-order valence-electron chi connectivity index (χ1n) is 8.19. The molecule has 1 unspecified atom stereocenters. The predicted molar refractivity (Wildman–Crippen MR) is 87.2 cm³/mol. The lowest BCUT2D eigenvalue weighted by Gasteiger charge is -2.15. The lowest BCUT2D eigenvalue weighted by Crippen LogP contribution is -2.16. The van der Waals surface area contributed by atoms with Gasteiger partial charge in [0.05, 0.1) is 14.2 Å². The molecule has 1 aromatic rings. The van der Waals surface area contributed by atoms with Crippen molar-refractivity contribution in [2.75, 3.05) is 14.2 Å². The van der Waals surface area contributed by atoms with Crippen molar-refractivity contribution in [2.24, 2.45) is 11.8 Å². The number of ketones is 1. The Morgan fingerprint density at radius 3 is 2.55 bits per heavy atom. The molecule has 0 bridgehead atoms. The third-order valence-electron chi connectivity index (χ3n) is 5.12. The molecule has 2 aliphatic rings. The van der Waals surface area contributed by atoms with Crippen molar-refractivity contribution in [3.63, 3.8) is 0 Å². The third-order valence-corrected chi connectivity index (χ3v) is 5.12. The zero-order chi connectivity index (χ0) is 15.5. The average Bonchev–Trinajstić information content (AvgIpc) is 3.18. The molecule has 0 saturated heterocycles. The zero-order valence-corrected chi connectivity index (χ0v) is 13.4. The molecule has 0 amide bonds. The van der Waals surface area contributed by atoms with Gasteiger partial charge in [-0.25, -0.2) is 0 Å². The number of benzene rings is 1. The Labute approximate surface area is 132 Å². The number of hydrogen-bond acceptors (Lipinski definition) is 3. The topological polar surface area (TPSA) is 35.5 Å². The quantitative estimate of drug-likeness (QED) is 0.780. The molecule has 3 rings (SSSR count). The van der Waals surface area contributed by atoms with E-state index in [4.69, 9.17) is 9.47 Å². The van der Waals surface area contributed by atoms with Crippen LogP contribution in [0.4, 0.5) is 0 Å². The molecule has 0 aliphatic heterocycles. The number of allylic oxidation sites excluding steroid dienone is 1. The first-order chi connectivity index (χ1) is 10.7. The lowest BCUT2D eigenvalue weighted by molar-refractivity contribution is -0.119. The van der Waals surface area contributed by atoms with Crippen LogP contribution in [0.1, 0.15) is 44.1 Å². The van der Waals surface area contributed by atoms with E-state index >= 15 is 0 Å². The Balaban J connectivity index is 1.82. The molecule has 1 atom stereocenters. The normalized spacial score (nSPS) is 24.2. The maximum Gasteiger partial charge on any atom is 0.162 e. The average molecular weight is 300 g/mol. The summed E-state index contributed by atoms with van der Waals surface area (Å²) in [6, 6.07) is 5.73. The summed E-state index contributed by atoms with van der Waals surface area (Å²) in [7, 11) is 3.29. The molecule has 118 valence electrons. The summed E-state index contributed by atoms with van der Waals surface area (Å²) in [5, 5.41) is 0. The van der Waals surface area contributed by atoms with E-state index in [2.05, 4.69) is 0 Å². The molecule has 22 heavy (non-hydrogen) atoms. The Morgan fingerprint density at radius 1 is 1.09 bits per heavy atom. The SMILES string of the molecule is COc1ccc(/C=C2\CCC(C3CCCC3)C2=O)c(OC)c1. The summed E-state index contributed by atoms with van der Waals surface area (Å²) in [6.45, 7) is 0. The number of ether oxygens (including phenoxy) is 2. The van der Waals surface area contributed by atoms with Crippen molar-refractivity contribution in [3.05, 3.63) is 29.3 Å². The Kier molecular flexibility index (Phi) is 4.51. The van der Waals surface area contributed by atoms with Crippen LogP contribution in [0.25, 0.3) is 6.08 Å². The van der Waals surface area contributed by atoms with E-state index in [0.717, 1.165) is 35.5 Å². The highest BCUT2D eigenvalue weighted by Gasteiger charge is 2.36. The van der Waals surface area contributed by atoms with Gasteiger partial charge in [0, 0.05) is 17.5 Å². The van der Waals surface area contributed by atoms with Gasteiger partial charge in [-0.15, -0.1) is 0 Å². The molecular weight excluding hydrogens is 276 g/mol. The minimum atomic E-state index is 0.262. The highest BCUT2D eigenvalue weighted by Crippen LogP contribution is 2.41. The highest BCUT2D eigenvalue weighted by molar-refractivity contribution is 6.03. The molecule has 0 N–H and O–H groups in total. The Bertz CT molecular complexity index is 582. The second-order valence-corrected chi connectivity index (χ2v) is 6.33. The fourth-order valence-corrected chi connectivity index (χ4v) is 3.88. The lowest BCUT2D eigenvalue weighted by atomic mass is 9.88. The van der Waals surface area contributed by atoms with E-state index in [1.165, 1.54) is 25.7 Å². The fraction of sp³-hybridized carbons (Fsp3) is 0.526. The van der Waals surface area contributed by atoms with Crippen molar-refractivity contribution < 1.29 is 14.3 Å². The van der Waals surface area contributed by atoms with Crippen LogP contribution in [-0.4, -0.2) is 20.0 Å². The third kappa shape index (κ3) is 2.90. The number of carbonyl (C=O) groups is 1. The minimum absolute atomic E-state index is 0.262. The number of carbonyl (C=O) groups excluding carboxylic acids is 1. The highest BCUT2D eigenvalue weighted by atomic mass is 16.5. The first-order valence-corrected chi connectivity index (χ1v) is 8.19. The fourth-order valence-electron chi connectivity index (χ4n) is 3.88. The van der Waals surface area contributed by atoms with Gasteiger partial charge in [-0.2, -0.15) is 0 Å². The van der Waals surface area contributed by atoms with E-state index in [1.807, 2.05) is 24.3 Å². The van der Waals surface area contributed by atoms with Gasteiger partial charge < -0.3 is 9.47 Å². The second-order valence-electron chi connectivity index (χ2n) is 6.33. The van der Waals surface area contributed by atoms with Crippen LogP contribution in [0.2, 0.25) is 0 Å². The van der Waals surface area contributed by atoms with Crippen LogP contribution in [0.5, 0.6) is 11.5 Å². The van der Waals surface area contributed by atoms with Crippen LogP contribution in [0.15, 0.2) is 23.8 Å². The molecule has 2 fully saturated rings. The van der Waals surface area contributed by atoms with Crippen molar-refractivity contribution in [3.8, 4) is 11.5 Å². The molecule has 0 aromatic heterocycles. The maximum atomic E-state index is 12.7. The smallest absolute Gasteiger partial charge is 0.162 e. The number of hydrogen-bond donors (Lipinski definition) is 0. The number of methoxy groups -OCH3 is 2. The van der Waals surface area contributed by atoms with E-state index in [1.54, 1.807) is 14.2 Å². The van der Waals surface area contributed by atoms with Crippen molar-refractivity contribution in [1.29, 1.82) is 0 Å². The molecule has 2 saturated carbocycles. The summed E-state index contributed by atoms with van der Waals surface area (Å²) < 4.78 is 10.6. The predicted octanol–water partition coefficient (Wildman–Crippen LogP) is 4.26. The number of rotatable bonds is 4. The van der Waals surface area contributed by atoms with Gasteiger partial charge in [0.2, 0.25) is 0 Å². The summed E-state index contributed by atoms with van der Waals surface area (Å²) in [4.78, 5) is 12.7. The van der Waals surface area contributed by atoms with Crippen molar-refractivity contribution in [1.82, 2.24) is 0 Å². The minimum Gasteiger partial charge on any atom is -0.497 e. The van der Waals surface area contributed by atoms with E-state index in [0.29, 0.717) is 11.7 Å². The number of Topliss-reactive ketones (excluding diaryl/α,β-unsaturated/α-hetero) is 1. The Hall–Kier alpha value is -1.77. The van der Waals surface area contributed by atoms with Gasteiger partial charge in [-0.05, 0) is 55.4 Å². The summed E-state index contributed by atoms with van der Waals surface area (Å²) in [5.74, 6) is 2.77. The van der Waals surface area contributed by atoms with Crippen molar-refractivity contribution in [2.45, 2.75) is 38.5 Å². The Morgan fingerprint density at radius 2 is 1.86 bits per heavy atom. The van der Waals surface area contributed by atoms with Crippen LogP contribution in [0.3, 0.4) is 0 Å². The van der Waals surface area contributed by atoms with E-state index < -0.39 is 0 Å². The van der Waals surface area contributed by atoms with Gasteiger partial charge in [0.15, 0.2) is 5.78 Å². The summed E-state index contributed by atoms with van der Waals surface area (Å²) in [5.41, 5.74) is 1.92. The van der Waals surface area contributed by atoms with Crippen LogP contribution in [0, 0.1) is 11.8 Å². The second kappa shape index (κ2) is 6.55.